The number of rotatable bonds is 5. The summed E-state index contributed by atoms with van der Waals surface area (Å²) < 4.78 is 10.1. The van der Waals surface area contributed by atoms with Gasteiger partial charge in [0.2, 0.25) is 0 Å². The smallest absolute Gasteiger partial charge is 0.142 e. The number of aryl methyl sites for hydroxylation is 2. The third kappa shape index (κ3) is 5.47. The van der Waals surface area contributed by atoms with E-state index in [4.69, 9.17) is 4.74 Å². The van der Waals surface area contributed by atoms with Gasteiger partial charge in [-0.05, 0) is 135 Å². The van der Waals surface area contributed by atoms with Crippen LogP contribution in [0.5, 0.6) is 11.5 Å². The molecule has 0 unspecified atom stereocenters. The normalized spacial score (nSPS) is 14.1. The van der Waals surface area contributed by atoms with Gasteiger partial charge in [-0.2, -0.15) is 0 Å². The molecule has 2 nitrogen and oxygen atoms in total. The van der Waals surface area contributed by atoms with E-state index in [0.717, 1.165) is 47.0 Å². The number of thiophene rings is 1. The van der Waals surface area contributed by atoms with Crippen LogP contribution in [-0.2, 0) is 18.3 Å². The molecule has 0 atom stereocenters. The van der Waals surface area contributed by atoms with Crippen LogP contribution >= 0.6 is 11.3 Å². The Morgan fingerprint density at radius 3 is 1.89 bits per heavy atom. The standard InChI is InChI=1S/C63H43NOS/c1-2-16-43-38-44(29-28-40(43)14-1)61-57(36-35-56-62(61)65-58-26-11-10-25-55(58)63(56)53-23-8-5-19-49(53)50-20-6-9-24-54(50)63)64(46-34-37-60-52(39-46)51-21-7-12-27-59(51)66-60)45-32-30-42(31-33-45)48-22-13-17-41-15-3-4-18-47(41)48/h3-13,15,17-39H,1-2,14,16H2. The van der Waals surface area contributed by atoms with Crippen LogP contribution in [0.1, 0.15) is 46.2 Å². The molecule has 14 rings (SSSR count). The fourth-order valence-corrected chi connectivity index (χ4v) is 12.9. The van der Waals surface area contributed by atoms with Crippen LogP contribution in [0.15, 0.2) is 212 Å². The highest BCUT2D eigenvalue weighted by atomic mass is 32.1. The third-order valence-electron chi connectivity index (χ3n) is 14.7. The zero-order valence-electron chi connectivity index (χ0n) is 36.3. The van der Waals surface area contributed by atoms with Crippen molar-refractivity contribution < 1.29 is 4.74 Å². The zero-order valence-corrected chi connectivity index (χ0v) is 37.1. The minimum atomic E-state index is -0.585. The summed E-state index contributed by atoms with van der Waals surface area (Å²) in [6.07, 6.45) is 4.66. The molecule has 10 aromatic carbocycles. The summed E-state index contributed by atoms with van der Waals surface area (Å²) >= 11 is 1.86. The third-order valence-corrected chi connectivity index (χ3v) is 15.9. The van der Waals surface area contributed by atoms with Crippen molar-refractivity contribution in [1.29, 1.82) is 0 Å². The Kier molecular flexibility index (Phi) is 8.35. The Balaban J connectivity index is 1.07. The van der Waals surface area contributed by atoms with Crippen molar-refractivity contribution in [3.05, 3.63) is 246 Å². The predicted molar refractivity (Wildman–Crippen MR) is 276 cm³/mol. The van der Waals surface area contributed by atoms with Gasteiger partial charge in [0.15, 0.2) is 0 Å². The van der Waals surface area contributed by atoms with Gasteiger partial charge in [-0.25, -0.2) is 0 Å². The summed E-state index contributed by atoms with van der Waals surface area (Å²) in [5, 5.41) is 5.05. The van der Waals surface area contributed by atoms with Crippen molar-refractivity contribution in [2.45, 2.75) is 31.1 Å². The molecule has 0 bridgehead atoms. The number of nitrogens with zero attached hydrogens (tertiary/aromatic N) is 1. The molecule has 11 aromatic rings. The summed E-state index contributed by atoms with van der Waals surface area (Å²) in [7, 11) is 0. The second-order valence-electron chi connectivity index (χ2n) is 18.2. The van der Waals surface area contributed by atoms with Crippen LogP contribution in [0.2, 0.25) is 0 Å². The van der Waals surface area contributed by atoms with Gasteiger partial charge >= 0.3 is 0 Å². The van der Waals surface area contributed by atoms with Gasteiger partial charge in [-0.15, -0.1) is 11.3 Å². The van der Waals surface area contributed by atoms with E-state index >= 15 is 0 Å². The Morgan fingerprint density at radius 1 is 0.424 bits per heavy atom. The summed E-state index contributed by atoms with van der Waals surface area (Å²) in [4.78, 5) is 2.49. The lowest BCUT2D eigenvalue weighted by molar-refractivity contribution is 0.438. The lowest BCUT2D eigenvalue weighted by Crippen LogP contribution is -2.32. The molecule has 66 heavy (non-hydrogen) atoms. The van der Waals surface area contributed by atoms with Gasteiger partial charge in [0.1, 0.15) is 11.5 Å². The van der Waals surface area contributed by atoms with Gasteiger partial charge < -0.3 is 9.64 Å². The van der Waals surface area contributed by atoms with E-state index in [1.165, 1.54) is 105 Å². The number of anilines is 3. The van der Waals surface area contributed by atoms with Crippen LogP contribution in [0.3, 0.4) is 0 Å². The van der Waals surface area contributed by atoms with Crippen LogP contribution < -0.4 is 9.64 Å². The quantitative estimate of drug-likeness (QED) is 0.171. The minimum absolute atomic E-state index is 0.585. The first-order chi connectivity index (χ1) is 32.7. The van der Waals surface area contributed by atoms with E-state index in [9.17, 15) is 0 Å². The molecular weight excluding hydrogens is 819 g/mol. The molecule has 0 saturated carbocycles. The molecule has 2 aliphatic carbocycles. The SMILES string of the molecule is c1ccc2c(c1)Oc1c(ccc(N(c3ccc(-c4cccc5ccccc45)cc3)c3ccc4sc5ccccc5c4c3)c1-c1ccc3c(c1)CCCC3)C21c2ccccc2-c2ccccc21. The highest BCUT2D eigenvalue weighted by Crippen LogP contribution is 2.64. The first-order valence-corrected chi connectivity index (χ1v) is 24.1. The first kappa shape index (κ1) is 37.6. The summed E-state index contributed by atoms with van der Waals surface area (Å²) in [5.74, 6) is 1.80. The average molecular weight is 862 g/mol. The van der Waals surface area contributed by atoms with E-state index < -0.39 is 5.41 Å². The number of para-hydroxylation sites is 1. The van der Waals surface area contributed by atoms with Crippen molar-refractivity contribution >= 4 is 59.3 Å². The minimum Gasteiger partial charge on any atom is -0.456 e. The molecular formula is C63H43NOS. The van der Waals surface area contributed by atoms with Gasteiger partial charge in [-0.1, -0.05) is 164 Å². The largest absolute Gasteiger partial charge is 0.456 e. The summed E-state index contributed by atoms with van der Waals surface area (Å²) in [6, 6.07) is 79.2. The van der Waals surface area contributed by atoms with Crippen LogP contribution in [-0.4, -0.2) is 0 Å². The molecule has 3 aliphatic rings. The topological polar surface area (TPSA) is 12.5 Å². The number of hydrogen-bond acceptors (Lipinski definition) is 3. The second kappa shape index (κ2) is 14.7. The monoisotopic (exact) mass is 861 g/mol. The molecule has 312 valence electrons. The first-order valence-electron chi connectivity index (χ1n) is 23.3. The van der Waals surface area contributed by atoms with Gasteiger partial charge in [-0.3, -0.25) is 0 Å². The molecule has 1 spiro atoms. The Hall–Kier alpha value is -7.72. The highest BCUT2D eigenvalue weighted by Gasteiger charge is 2.52. The maximum Gasteiger partial charge on any atom is 0.142 e. The van der Waals surface area contributed by atoms with Gasteiger partial charge in [0.25, 0.3) is 0 Å². The number of benzene rings is 10. The fraction of sp³-hybridized carbons (Fsp3) is 0.0794. The molecule has 0 N–H and O–H groups in total. The Labute approximate surface area is 388 Å². The molecule has 0 fully saturated rings. The highest BCUT2D eigenvalue weighted by molar-refractivity contribution is 7.25. The van der Waals surface area contributed by atoms with Crippen LogP contribution in [0.25, 0.3) is 64.3 Å². The van der Waals surface area contributed by atoms with E-state index in [0.29, 0.717) is 0 Å². The maximum atomic E-state index is 7.49. The average Bonchev–Trinajstić information content (AvgIpc) is 3.90. The van der Waals surface area contributed by atoms with Crippen molar-refractivity contribution in [1.82, 2.24) is 0 Å². The van der Waals surface area contributed by atoms with Crippen molar-refractivity contribution in [2.24, 2.45) is 0 Å². The molecule has 1 aromatic heterocycles. The van der Waals surface area contributed by atoms with E-state index in [-0.39, 0.29) is 0 Å². The summed E-state index contributed by atoms with van der Waals surface area (Å²) in [5.41, 5.74) is 17.8. The van der Waals surface area contributed by atoms with E-state index in [1.54, 1.807) is 0 Å². The Morgan fingerprint density at radius 2 is 1.06 bits per heavy atom. The molecule has 1 aliphatic heterocycles. The molecule has 3 heteroatoms. The predicted octanol–water partition coefficient (Wildman–Crippen LogP) is 17.4. The molecule has 2 heterocycles. The van der Waals surface area contributed by atoms with Crippen molar-refractivity contribution in [3.63, 3.8) is 0 Å². The van der Waals surface area contributed by atoms with Gasteiger partial charge in [0, 0.05) is 48.2 Å². The zero-order chi connectivity index (χ0) is 43.3. The molecule has 0 amide bonds. The van der Waals surface area contributed by atoms with Crippen molar-refractivity contribution in [3.8, 4) is 44.9 Å². The summed E-state index contributed by atoms with van der Waals surface area (Å²) in [6.45, 7) is 0. The van der Waals surface area contributed by atoms with Crippen LogP contribution in [0, 0.1) is 0 Å². The van der Waals surface area contributed by atoms with E-state index in [2.05, 4.69) is 217 Å². The van der Waals surface area contributed by atoms with Crippen LogP contribution in [0.4, 0.5) is 17.1 Å². The fourth-order valence-electron chi connectivity index (χ4n) is 11.8. The number of ether oxygens (including phenoxy) is 1. The lowest BCUT2D eigenvalue weighted by atomic mass is 9.65. The molecule has 0 radical (unpaired) electrons. The number of hydrogen-bond donors (Lipinski definition) is 0. The lowest BCUT2D eigenvalue weighted by Gasteiger charge is -2.41. The van der Waals surface area contributed by atoms with E-state index in [1.807, 2.05) is 11.3 Å². The molecule has 0 saturated heterocycles. The van der Waals surface area contributed by atoms with Gasteiger partial charge in [0.05, 0.1) is 11.1 Å². The van der Waals surface area contributed by atoms with Crippen molar-refractivity contribution in [2.75, 3.05) is 4.90 Å². The Bertz CT molecular complexity index is 3710. The second-order valence-corrected chi connectivity index (χ2v) is 19.2. The maximum absolute atomic E-state index is 7.49. The number of fused-ring (bicyclic) bond motifs is 14.